The molecule has 0 aliphatic carbocycles. The minimum Gasteiger partial charge on any atom is -0.465 e. The number of Topliss-reactive ketones (excluding diaryl/α,β-unsaturated/α-hetero) is 1. The highest BCUT2D eigenvalue weighted by molar-refractivity contribution is 6.05. The van der Waals surface area contributed by atoms with Gasteiger partial charge >= 0.3 is 12.1 Å². The molecule has 1 amide bonds. The van der Waals surface area contributed by atoms with E-state index in [1.54, 1.807) is 0 Å². The standard InChI is InChI=1S/C17H21NO5/c1-12(19)17(10-11-23-15(17)20)14(18-16(21)22-2)9-8-13-6-4-3-5-7-13/h3-7,14H,8-11H2,1-2H3,(H,18,21)/t14-,17+/m0/s1. The summed E-state index contributed by atoms with van der Waals surface area (Å²) >= 11 is 0. The van der Waals surface area contributed by atoms with Crippen LogP contribution >= 0.6 is 0 Å². The van der Waals surface area contributed by atoms with Gasteiger partial charge in [0, 0.05) is 6.42 Å². The van der Waals surface area contributed by atoms with Crippen LogP contribution in [0.2, 0.25) is 0 Å². The predicted molar refractivity (Wildman–Crippen MR) is 82.8 cm³/mol. The van der Waals surface area contributed by atoms with E-state index in [0.29, 0.717) is 12.8 Å². The highest BCUT2D eigenvalue weighted by atomic mass is 16.5. The number of ether oxygens (including phenoxy) is 2. The van der Waals surface area contributed by atoms with Crippen molar-refractivity contribution in [3.8, 4) is 0 Å². The van der Waals surface area contributed by atoms with Crippen LogP contribution in [0, 0.1) is 5.41 Å². The van der Waals surface area contributed by atoms with E-state index in [-0.39, 0.29) is 18.8 Å². The third-order valence-corrected chi connectivity index (χ3v) is 4.36. The van der Waals surface area contributed by atoms with Crippen molar-refractivity contribution in [2.24, 2.45) is 5.41 Å². The lowest BCUT2D eigenvalue weighted by Crippen LogP contribution is -2.54. The quantitative estimate of drug-likeness (QED) is 0.639. The topological polar surface area (TPSA) is 81.7 Å². The van der Waals surface area contributed by atoms with E-state index < -0.39 is 23.5 Å². The summed E-state index contributed by atoms with van der Waals surface area (Å²) in [6.45, 7) is 1.55. The molecule has 0 radical (unpaired) electrons. The highest BCUT2D eigenvalue weighted by Crippen LogP contribution is 2.37. The Labute approximate surface area is 135 Å². The number of rotatable bonds is 6. The van der Waals surface area contributed by atoms with Gasteiger partial charge in [-0.2, -0.15) is 0 Å². The average molecular weight is 319 g/mol. The molecule has 1 aliphatic heterocycles. The number of carbonyl (C=O) groups is 3. The number of cyclic esters (lactones) is 1. The van der Waals surface area contributed by atoms with E-state index in [2.05, 4.69) is 10.1 Å². The first kappa shape index (κ1) is 17.0. The van der Waals surface area contributed by atoms with Crippen LogP contribution in [0.5, 0.6) is 0 Å². The monoisotopic (exact) mass is 319 g/mol. The van der Waals surface area contributed by atoms with Gasteiger partial charge in [-0.25, -0.2) is 4.79 Å². The Morgan fingerprint density at radius 3 is 2.57 bits per heavy atom. The largest absolute Gasteiger partial charge is 0.465 e. The summed E-state index contributed by atoms with van der Waals surface area (Å²) in [5.41, 5.74) is -0.266. The number of benzene rings is 1. The SMILES string of the molecule is COC(=O)N[C@@H](CCc1ccccc1)[C@]1(C(C)=O)CCOC1=O. The van der Waals surface area contributed by atoms with E-state index in [0.717, 1.165) is 5.56 Å². The van der Waals surface area contributed by atoms with Crippen LogP contribution in [0.15, 0.2) is 30.3 Å². The molecule has 1 heterocycles. The fourth-order valence-electron chi connectivity index (χ4n) is 3.02. The molecule has 6 nitrogen and oxygen atoms in total. The minimum absolute atomic E-state index is 0.184. The van der Waals surface area contributed by atoms with E-state index in [4.69, 9.17) is 4.74 Å². The smallest absolute Gasteiger partial charge is 0.407 e. The van der Waals surface area contributed by atoms with Crippen LogP contribution < -0.4 is 5.32 Å². The van der Waals surface area contributed by atoms with Gasteiger partial charge < -0.3 is 14.8 Å². The first-order valence-corrected chi connectivity index (χ1v) is 7.57. The summed E-state index contributed by atoms with van der Waals surface area (Å²) in [6, 6.07) is 9.01. The summed E-state index contributed by atoms with van der Waals surface area (Å²) in [7, 11) is 1.25. The number of aryl methyl sites for hydroxylation is 1. The number of methoxy groups -OCH3 is 1. The lowest BCUT2D eigenvalue weighted by molar-refractivity contribution is -0.152. The van der Waals surface area contributed by atoms with Crippen LogP contribution in [0.3, 0.4) is 0 Å². The zero-order valence-corrected chi connectivity index (χ0v) is 13.3. The number of nitrogens with one attached hydrogen (secondary N) is 1. The molecule has 124 valence electrons. The van der Waals surface area contributed by atoms with Gasteiger partial charge in [-0.3, -0.25) is 9.59 Å². The first-order valence-electron chi connectivity index (χ1n) is 7.57. The molecule has 0 bridgehead atoms. The molecule has 1 aromatic carbocycles. The maximum atomic E-state index is 12.2. The van der Waals surface area contributed by atoms with E-state index in [9.17, 15) is 14.4 Å². The Bertz CT molecular complexity index is 586. The molecule has 2 atom stereocenters. The number of hydrogen-bond acceptors (Lipinski definition) is 5. The van der Waals surface area contributed by atoms with Crippen molar-refractivity contribution in [1.29, 1.82) is 0 Å². The van der Waals surface area contributed by atoms with Gasteiger partial charge in [0.15, 0.2) is 0 Å². The fourth-order valence-corrected chi connectivity index (χ4v) is 3.02. The van der Waals surface area contributed by atoms with Crippen molar-refractivity contribution >= 4 is 17.8 Å². The van der Waals surface area contributed by atoms with Gasteiger partial charge in [-0.05, 0) is 25.3 Å². The van der Waals surface area contributed by atoms with E-state index in [1.165, 1.54) is 14.0 Å². The summed E-state index contributed by atoms with van der Waals surface area (Å²) < 4.78 is 9.67. The molecule has 1 fully saturated rings. The summed E-state index contributed by atoms with van der Waals surface area (Å²) in [5.74, 6) is -0.867. The first-order chi connectivity index (χ1) is 11.0. The van der Waals surface area contributed by atoms with Crippen LogP contribution in [0.4, 0.5) is 4.79 Å². The lowest BCUT2D eigenvalue weighted by Gasteiger charge is -2.32. The van der Waals surface area contributed by atoms with Gasteiger partial charge in [-0.15, -0.1) is 0 Å². The van der Waals surface area contributed by atoms with Gasteiger partial charge in [0.25, 0.3) is 0 Å². The molecule has 1 saturated heterocycles. The molecular formula is C17H21NO5. The highest BCUT2D eigenvalue weighted by Gasteiger charge is 2.55. The van der Waals surface area contributed by atoms with Crippen LogP contribution in [-0.4, -0.2) is 37.6 Å². The van der Waals surface area contributed by atoms with Gasteiger partial charge in [0.1, 0.15) is 11.2 Å². The second kappa shape index (κ2) is 7.26. The van der Waals surface area contributed by atoms with Gasteiger partial charge in [0.2, 0.25) is 0 Å². The van der Waals surface area contributed by atoms with E-state index >= 15 is 0 Å². The average Bonchev–Trinajstić information content (AvgIpc) is 2.94. The molecule has 0 spiro atoms. The van der Waals surface area contributed by atoms with Crippen molar-refractivity contribution in [3.05, 3.63) is 35.9 Å². The van der Waals surface area contributed by atoms with Crippen LogP contribution in [-0.2, 0) is 25.5 Å². The van der Waals surface area contributed by atoms with E-state index in [1.807, 2.05) is 30.3 Å². The molecule has 0 aromatic heterocycles. The Hall–Kier alpha value is -2.37. The number of esters is 1. The van der Waals surface area contributed by atoms with Crippen molar-refractivity contribution in [1.82, 2.24) is 5.32 Å². The molecular weight excluding hydrogens is 298 g/mol. The Morgan fingerprint density at radius 1 is 1.35 bits per heavy atom. The van der Waals surface area contributed by atoms with Gasteiger partial charge in [0.05, 0.1) is 19.8 Å². The number of alkyl carbamates (subject to hydrolysis) is 1. The van der Waals surface area contributed by atoms with Crippen LogP contribution in [0.1, 0.15) is 25.3 Å². The molecule has 0 unspecified atom stereocenters. The second-order valence-electron chi connectivity index (χ2n) is 5.63. The van der Waals surface area contributed by atoms with Crippen molar-refractivity contribution in [2.75, 3.05) is 13.7 Å². The maximum absolute atomic E-state index is 12.2. The lowest BCUT2D eigenvalue weighted by atomic mass is 9.73. The summed E-state index contributed by atoms with van der Waals surface area (Å²) in [4.78, 5) is 36.1. The van der Waals surface area contributed by atoms with Crippen molar-refractivity contribution in [2.45, 2.75) is 32.2 Å². The maximum Gasteiger partial charge on any atom is 0.407 e. The molecule has 2 rings (SSSR count). The number of carbonyl (C=O) groups excluding carboxylic acids is 3. The van der Waals surface area contributed by atoms with Gasteiger partial charge in [-0.1, -0.05) is 30.3 Å². The Kier molecular flexibility index (Phi) is 5.36. The number of hydrogen-bond donors (Lipinski definition) is 1. The Morgan fingerprint density at radius 2 is 2.04 bits per heavy atom. The van der Waals surface area contributed by atoms with Crippen LogP contribution in [0.25, 0.3) is 0 Å². The Balaban J connectivity index is 2.23. The molecule has 1 N–H and O–H groups in total. The molecule has 6 heteroatoms. The van der Waals surface area contributed by atoms with Crippen molar-refractivity contribution in [3.63, 3.8) is 0 Å². The predicted octanol–water partition coefficient (Wildman–Crippen LogP) is 1.87. The summed E-state index contributed by atoms with van der Waals surface area (Å²) in [6.07, 6.45) is 0.666. The minimum atomic E-state index is -1.33. The third kappa shape index (κ3) is 3.52. The fraction of sp³-hybridized carbons (Fsp3) is 0.471. The molecule has 1 aromatic rings. The third-order valence-electron chi connectivity index (χ3n) is 4.36. The second-order valence-corrected chi connectivity index (χ2v) is 5.63. The number of amides is 1. The normalized spacial score (nSPS) is 21.4. The molecule has 1 aliphatic rings. The summed E-state index contributed by atoms with van der Waals surface area (Å²) in [5, 5.41) is 2.65. The zero-order valence-electron chi connectivity index (χ0n) is 13.3. The zero-order chi connectivity index (χ0) is 16.9. The molecule has 0 saturated carbocycles. The van der Waals surface area contributed by atoms with Crippen molar-refractivity contribution < 1.29 is 23.9 Å². The molecule has 23 heavy (non-hydrogen) atoms. The number of ketones is 1.